The summed E-state index contributed by atoms with van der Waals surface area (Å²) in [5.41, 5.74) is 0.611. The molecular weight excluding hydrogens is 477 g/mol. The van der Waals surface area contributed by atoms with Gasteiger partial charge in [0.2, 0.25) is 0 Å². The Bertz CT molecular complexity index is 1290. The van der Waals surface area contributed by atoms with E-state index in [1.807, 2.05) is 0 Å². The van der Waals surface area contributed by atoms with Gasteiger partial charge in [0, 0.05) is 29.8 Å². The third-order valence-corrected chi connectivity index (χ3v) is 5.43. The zero-order valence-corrected chi connectivity index (χ0v) is 18.8. The molecule has 162 valence electrons. The van der Waals surface area contributed by atoms with Gasteiger partial charge < -0.3 is 19.5 Å². The van der Waals surface area contributed by atoms with Crippen LogP contribution in [0, 0.1) is 0 Å². The number of anilines is 1. The van der Waals surface area contributed by atoms with Gasteiger partial charge in [0.1, 0.15) is 5.75 Å². The van der Waals surface area contributed by atoms with Crippen molar-refractivity contribution in [3.8, 4) is 28.7 Å². The van der Waals surface area contributed by atoms with Gasteiger partial charge in [0.25, 0.3) is 5.91 Å². The van der Waals surface area contributed by atoms with E-state index in [9.17, 15) is 9.59 Å². The zero-order valence-electron chi connectivity index (χ0n) is 16.5. The number of fused-ring (bicyclic) bond motifs is 2. The summed E-state index contributed by atoms with van der Waals surface area (Å²) in [5.74, 6) is 0.319. The van der Waals surface area contributed by atoms with Crippen molar-refractivity contribution in [1.29, 1.82) is 0 Å². The summed E-state index contributed by atoms with van der Waals surface area (Å²) in [5, 5.41) is 3.53. The molecule has 1 aliphatic rings. The molecule has 0 saturated carbocycles. The first-order valence-corrected chi connectivity index (χ1v) is 10.3. The highest BCUT2D eigenvalue weighted by atomic mass is 35.5. The van der Waals surface area contributed by atoms with E-state index in [0.717, 1.165) is 0 Å². The van der Waals surface area contributed by atoms with Crippen molar-refractivity contribution in [2.24, 2.45) is 0 Å². The Morgan fingerprint density at radius 3 is 2.00 bits per heavy atom. The second kappa shape index (κ2) is 8.74. The molecule has 0 radical (unpaired) electrons. The highest BCUT2D eigenvalue weighted by Crippen LogP contribution is 2.50. The zero-order chi connectivity index (χ0) is 23.0. The van der Waals surface area contributed by atoms with Crippen LogP contribution < -0.4 is 19.5 Å². The molecule has 6 nitrogen and oxygen atoms in total. The monoisotopic (exact) mass is 489 g/mol. The molecule has 32 heavy (non-hydrogen) atoms. The Labute approximate surface area is 198 Å². The van der Waals surface area contributed by atoms with Gasteiger partial charge >= 0.3 is 5.97 Å². The van der Waals surface area contributed by atoms with Crippen LogP contribution in [0.1, 0.15) is 17.3 Å². The molecule has 1 amide bonds. The van der Waals surface area contributed by atoms with E-state index in [1.54, 1.807) is 12.1 Å². The summed E-state index contributed by atoms with van der Waals surface area (Å²) in [6, 6.07) is 12.4. The maximum absolute atomic E-state index is 12.9. The van der Waals surface area contributed by atoms with Crippen molar-refractivity contribution >= 4 is 52.4 Å². The first-order valence-electron chi connectivity index (χ1n) is 9.19. The van der Waals surface area contributed by atoms with E-state index >= 15 is 0 Å². The highest BCUT2D eigenvalue weighted by molar-refractivity contribution is 6.42. The maximum atomic E-state index is 12.9. The number of ether oxygens (including phenoxy) is 3. The largest absolute Gasteiger partial charge is 0.449 e. The SMILES string of the molecule is C=C(C)C(=O)Oc1ccccc1C(=O)Nc1cc2c(cc1Cl)Oc1cc(Cl)c(Cl)cc1O2. The fourth-order valence-electron chi connectivity index (χ4n) is 2.82. The van der Waals surface area contributed by atoms with Gasteiger partial charge in [-0.05, 0) is 19.1 Å². The van der Waals surface area contributed by atoms with Gasteiger partial charge in [-0.2, -0.15) is 0 Å². The minimum atomic E-state index is -0.639. The standard InChI is InChI=1S/C23H14Cl3NO5/c1-11(2)23(29)32-17-6-4-3-5-12(17)22(28)27-16-10-21-20(9-15(16)26)30-18-7-13(24)14(25)8-19(18)31-21/h3-10H,1H2,2H3,(H,27,28). The summed E-state index contributed by atoms with van der Waals surface area (Å²) in [6.07, 6.45) is 0. The van der Waals surface area contributed by atoms with Gasteiger partial charge in [-0.25, -0.2) is 4.79 Å². The van der Waals surface area contributed by atoms with E-state index in [4.69, 9.17) is 49.0 Å². The van der Waals surface area contributed by atoms with E-state index in [1.165, 1.54) is 43.3 Å². The van der Waals surface area contributed by atoms with Crippen molar-refractivity contribution < 1.29 is 23.8 Å². The Morgan fingerprint density at radius 1 is 0.875 bits per heavy atom. The summed E-state index contributed by atoms with van der Waals surface area (Å²) >= 11 is 18.4. The normalized spacial score (nSPS) is 11.4. The van der Waals surface area contributed by atoms with Crippen LogP contribution >= 0.6 is 34.8 Å². The predicted octanol–water partition coefficient (Wildman–Crippen LogP) is 7.28. The number of esters is 1. The average Bonchev–Trinajstić information content (AvgIpc) is 2.74. The van der Waals surface area contributed by atoms with Crippen molar-refractivity contribution in [3.63, 3.8) is 0 Å². The van der Waals surface area contributed by atoms with Crippen LogP contribution in [0.3, 0.4) is 0 Å². The van der Waals surface area contributed by atoms with Crippen LogP contribution in [0.15, 0.2) is 60.7 Å². The Morgan fingerprint density at radius 2 is 1.41 bits per heavy atom. The molecular formula is C23H14Cl3NO5. The van der Waals surface area contributed by atoms with Crippen molar-refractivity contribution in [1.82, 2.24) is 0 Å². The lowest BCUT2D eigenvalue weighted by Gasteiger charge is -2.22. The number of hydrogen-bond acceptors (Lipinski definition) is 5. The maximum Gasteiger partial charge on any atom is 0.338 e. The van der Waals surface area contributed by atoms with E-state index in [2.05, 4.69) is 11.9 Å². The fourth-order valence-corrected chi connectivity index (χ4v) is 3.33. The van der Waals surface area contributed by atoms with Gasteiger partial charge in [-0.3, -0.25) is 4.79 Å². The first-order chi connectivity index (χ1) is 15.2. The fraction of sp³-hybridized carbons (Fsp3) is 0.0435. The van der Waals surface area contributed by atoms with Crippen molar-refractivity contribution in [2.75, 3.05) is 5.32 Å². The Hall–Kier alpha value is -3.19. The lowest BCUT2D eigenvalue weighted by Crippen LogP contribution is -2.16. The number of benzene rings is 3. The molecule has 0 aromatic heterocycles. The molecule has 0 aliphatic carbocycles. The van der Waals surface area contributed by atoms with E-state index < -0.39 is 11.9 Å². The predicted molar refractivity (Wildman–Crippen MR) is 123 cm³/mol. The molecule has 1 N–H and O–H groups in total. The third-order valence-electron chi connectivity index (χ3n) is 4.39. The summed E-state index contributed by atoms with van der Waals surface area (Å²) in [7, 11) is 0. The summed E-state index contributed by atoms with van der Waals surface area (Å²) in [6.45, 7) is 5.05. The number of rotatable bonds is 4. The number of nitrogens with one attached hydrogen (secondary N) is 1. The summed E-state index contributed by atoms with van der Waals surface area (Å²) in [4.78, 5) is 24.8. The summed E-state index contributed by atoms with van der Waals surface area (Å²) < 4.78 is 16.9. The molecule has 3 aromatic carbocycles. The molecule has 0 spiro atoms. The first kappa shape index (κ1) is 22.0. The van der Waals surface area contributed by atoms with Crippen LogP contribution in [-0.4, -0.2) is 11.9 Å². The molecule has 9 heteroatoms. The minimum absolute atomic E-state index is 0.0899. The number of halogens is 3. The van der Waals surface area contributed by atoms with Crippen LogP contribution in [0.25, 0.3) is 0 Å². The Balaban J connectivity index is 1.61. The number of para-hydroxylation sites is 1. The molecule has 1 aliphatic heterocycles. The van der Waals surface area contributed by atoms with Crippen molar-refractivity contribution in [2.45, 2.75) is 6.92 Å². The average molecular weight is 491 g/mol. The van der Waals surface area contributed by atoms with Crippen LogP contribution in [-0.2, 0) is 4.79 Å². The lowest BCUT2D eigenvalue weighted by atomic mass is 10.1. The molecule has 4 rings (SSSR count). The number of carbonyl (C=O) groups is 2. The quantitative estimate of drug-likeness (QED) is 0.185. The highest BCUT2D eigenvalue weighted by Gasteiger charge is 2.24. The molecule has 1 heterocycles. The van der Waals surface area contributed by atoms with Crippen LogP contribution in [0.5, 0.6) is 28.7 Å². The molecule has 0 bridgehead atoms. The van der Waals surface area contributed by atoms with E-state index in [-0.39, 0.29) is 27.6 Å². The van der Waals surface area contributed by atoms with Gasteiger partial charge in [0.15, 0.2) is 23.0 Å². The number of hydrogen-bond donors (Lipinski definition) is 1. The van der Waals surface area contributed by atoms with Gasteiger partial charge in [-0.15, -0.1) is 0 Å². The molecule has 0 atom stereocenters. The molecule has 0 unspecified atom stereocenters. The number of carbonyl (C=O) groups excluding carboxylic acids is 2. The smallest absolute Gasteiger partial charge is 0.338 e. The number of amides is 1. The molecule has 0 fully saturated rings. The van der Waals surface area contributed by atoms with E-state index in [0.29, 0.717) is 33.0 Å². The second-order valence-corrected chi connectivity index (χ2v) is 8.04. The lowest BCUT2D eigenvalue weighted by molar-refractivity contribution is -0.130. The Kier molecular flexibility index (Phi) is 6.02. The van der Waals surface area contributed by atoms with Gasteiger partial charge in [-0.1, -0.05) is 53.5 Å². The van der Waals surface area contributed by atoms with Gasteiger partial charge in [0.05, 0.1) is 26.3 Å². The van der Waals surface area contributed by atoms with Crippen LogP contribution in [0.4, 0.5) is 5.69 Å². The second-order valence-electron chi connectivity index (χ2n) is 6.82. The molecule has 3 aromatic rings. The molecule has 0 saturated heterocycles. The van der Waals surface area contributed by atoms with Crippen molar-refractivity contribution in [3.05, 3.63) is 81.3 Å². The van der Waals surface area contributed by atoms with Crippen LogP contribution in [0.2, 0.25) is 15.1 Å². The topological polar surface area (TPSA) is 73.9 Å². The minimum Gasteiger partial charge on any atom is -0.449 e. The third kappa shape index (κ3) is 4.39.